The Morgan fingerprint density at radius 2 is 2.00 bits per heavy atom. The van der Waals surface area contributed by atoms with Crippen molar-refractivity contribution in [1.29, 1.82) is 0 Å². The fourth-order valence-corrected chi connectivity index (χ4v) is 3.58. The second-order valence-electron chi connectivity index (χ2n) is 6.43. The number of benzene rings is 2. The Balaban J connectivity index is 1.78. The lowest BCUT2D eigenvalue weighted by atomic mass is 10.1. The molecule has 1 atom stereocenters. The molecule has 5 heteroatoms. The van der Waals surface area contributed by atoms with Gasteiger partial charge in [0.05, 0.1) is 12.6 Å². The van der Waals surface area contributed by atoms with Crippen LogP contribution in [0.1, 0.15) is 18.1 Å². The van der Waals surface area contributed by atoms with Gasteiger partial charge in [0.2, 0.25) is 0 Å². The third kappa shape index (κ3) is 2.41. The van der Waals surface area contributed by atoms with Crippen LogP contribution in [-0.4, -0.2) is 27.6 Å². The molecule has 0 bridgehead atoms. The van der Waals surface area contributed by atoms with Crippen LogP contribution < -0.4 is 10.4 Å². The molecule has 0 saturated carbocycles. The molecule has 1 aliphatic heterocycles. The minimum atomic E-state index is -0.0656. The van der Waals surface area contributed by atoms with Crippen molar-refractivity contribution < 1.29 is 4.74 Å². The molecule has 3 aromatic rings. The minimum absolute atomic E-state index is 0.0656. The van der Waals surface area contributed by atoms with Crippen molar-refractivity contribution in [2.75, 3.05) is 7.11 Å². The van der Waals surface area contributed by atoms with Crippen LogP contribution >= 0.6 is 0 Å². The van der Waals surface area contributed by atoms with Gasteiger partial charge in [0.1, 0.15) is 11.3 Å². The smallest absolute Gasteiger partial charge is 0.326 e. The highest BCUT2D eigenvalue weighted by molar-refractivity contribution is 5.85. The van der Waals surface area contributed by atoms with Gasteiger partial charge in [-0.15, -0.1) is 0 Å². The van der Waals surface area contributed by atoms with Gasteiger partial charge in [-0.3, -0.25) is 9.47 Å². The Hall–Kier alpha value is -2.53. The molecule has 0 unspecified atom stereocenters. The molecule has 1 aliphatic rings. The molecule has 24 heavy (non-hydrogen) atoms. The number of hydrogen-bond acceptors (Lipinski definition) is 3. The quantitative estimate of drug-likeness (QED) is 0.806. The molecular weight excluding hydrogens is 302 g/mol. The molecule has 1 aromatic heterocycles. The highest BCUT2D eigenvalue weighted by Crippen LogP contribution is 2.30. The summed E-state index contributed by atoms with van der Waals surface area (Å²) in [4.78, 5) is 17.8. The SMILES string of the molecule is COc1ccc2c3c1[nH]c(=O)n3C[C@H](C)N(Cc1ccccc1)C2. The van der Waals surface area contributed by atoms with E-state index in [1.54, 1.807) is 7.11 Å². The summed E-state index contributed by atoms with van der Waals surface area (Å²) in [6.07, 6.45) is 0. The first-order valence-corrected chi connectivity index (χ1v) is 8.23. The number of imidazole rings is 1. The molecule has 0 amide bonds. The lowest BCUT2D eigenvalue weighted by molar-refractivity contribution is 0.180. The maximum atomic E-state index is 12.4. The Morgan fingerprint density at radius 1 is 1.21 bits per heavy atom. The zero-order chi connectivity index (χ0) is 16.7. The Kier molecular flexibility index (Phi) is 3.65. The number of rotatable bonds is 3. The van der Waals surface area contributed by atoms with Crippen LogP contribution in [-0.2, 0) is 19.6 Å². The molecule has 5 nitrogen and oxygen atoms in total. The number of methoxy groups -OCH3 is 1. The van der Waals surface area contributed by atoms with Crippen molar-refractivity contribution in [3.8, 4) is 5.75 Å². The summed E-state index contributed by atoms with van der Waals surface area (Å²) in [6, 6.07) is 14.7. The molecule has 124 valence electrons. The molecule has 2 aromatic carbocycles. The van der Waals surface area contributed by atoms with E-state index in [0.717, 1.165) is 29.7 Å². The predicted octanol–water partition coefficient (Wildman–Crippen LogP) is 2.74. The second kappa shape index (κ2) is 5.83. The van der Waals surface area contributed by atoms with Crippen LogP contribution in [0.3, 0.4) is 0 Å². The average molecular weight is 323 g/mol. The van der Waals surface area contributed by atoms with Gasteiger partial charge in [-0.05, 0) is 24.1 Å². The van der Waals surface area contributed by atoms with Crippen molar-refractivity contribution in [3.63, 3.8) is 0 Å². The van der Waals surface area contributed by atoms with Gasteiger partial charge >= 0.3 is 5.69 Å². The number of hydrogen-bond donors (Lipinski definition) is 1. The largest absolute Gasteiger partial charge is 0.494 e. The first-order chi connectivity index (χ1) is 11.7. The van der Waals surface area contributed by atoms with Crippen molar-refractivity contribution in [2.24, 2.45) is 0 Å². The Morgan fingerprint density at radius 3 is 2.75 bits per heavy atom. The first-order valence-electron chi connectivity index (χ1n) is 8.23. The third-order valence-electron chi connectivity index (χ3n) is 4.86. The second-order valence-corrected chi connectivity index (χ2v) is 6.43. The lowest BCUT2D eigenvalue weighted by Crippen LogP contribution is -2.35. The zero-order valence-corrected chi connectivity index (χ0v) is 14.0. The van der Waals surface area contributed by atoms with E-state index in [0.29, 0.717) is 12.3 Å². The fraction of sp³-hybridized carbons (Fsp3) is 0.316. The summed E-state index contributed by atoms with van der Waals surface area (Å²) in [7, 11) is 1.63. The van der Waals surface area contributed by atoms with Gasteiger partial charge < -0.3 is 9.72 Å². The van der Waals surface area contributed by atoms with E-state index in [1.165, 1.54) is 5.56 Å². The van der Waals surface area contributed by atoms with E-state index in [9.17, 15) is 4.79 Å². The van der Waals surface area contributed by atoms with E-state index in [1.807, 2.05) is 16.7 Å². The van der Waals surface area contributed by atoms with E-state index in [-0.39, 0.29) is 11.7 Å². The summed E-state index contributed by atoms with van der Waals surface area (Å²) >= 11 is 0. The number of ether oxygens (including phenoxy) is 1. The maximum Gasteiger partial charge on any atom is 0.326 e. The van der Waals surface area contributed by atoms with E-state index >= 15 is 0 Å². The van der Waals surface area contributed by atoms with E-state index in [2.05, 4.69) is 47.1 Å². The third-order valence-corrected chi connectivity index (χ3v) is 4.86. The van der Waals surface area contributed by atoms with Crippen LogP contribution in [0.5, 0.6) is 5.75 Å². The fourth-order valence-electron chi connectivity index (χ4n) is 3.58. The Bertz CT molecular complexity index is 927. The molecule has 0 aliphatic carbocycles. The van der Waals surface area contributed by atoms with Gasteiger partial charge in [-0.2, -0.15) is 0 Å². The highest BCUT2D eigenvalue weighted by Gasteiger charge is 2.25. The number of nitrogens with one attached hydrogen (secondary N) is 1. The lowest BCUT2D eigenvalue weighted by Gasteiger charge is -2.27. The van der Waals surface area contributed by atoms with Crippen LogP contribution in [0.25, 0.3) is 11.0 Å². The molecule has 0 spiro atoms. The highest BCUT2D eigenvalue weighted by atomic mass is 16.5. The molecule has 0 saturated heterocycles. The zero-order valence-electron chi connectivity index (χ0n) is 14.0. The van der Waals surface area contributed by atoms with E-state index < -0.39 is 0 Å². The number of aromatic nitrogens is 2. The van der Waals surface area contributed by atoms with Crippen LogP contribution in [0.2, 0.25) is 0 Å². The summed E-state index contributed by atoms with van der Waals surface area (Å²) in [5.41, 5.74) is 4.15. The number of aromatic amines is 1. The average Bonchev–Trinajstić information content (AvgIpc) is 2.84. The minimum Gasteiger partial charge on any atom is -0.494 e. The van der Waals surface area contributed by atoms with Crippen molar-refractivity contribution in [1.82, 2.24) is 14.5 Å². The van der Waals surface area contributed by atoms with Crippen molar-refractivity contribution in [2.45, 2.75) is 32.6 Å². The topological polar surface area (TPSA) is 50.3 Å². The molecular formula is C19H21N3O2. The van der Waals surface area contributed by atoms with Crippen molar-refractivity contribution >= 4 is 11.0 Å². The summed E-state index contributed by atoms with van der Waals surface area (Å²) < 4.78 is 7.26. The van der Waals surface area contributed by atoms with Crippen LogP contribution in [0.4, 0.5) is 0 Å². The molecule has 0 radical (unpaired) electrons. The van der Waals surface area contributed by atoms with Gasteiger partial charge in [0.25, 0.3) is 0 Å². The molecule has 0 fully saturated rings. The first kappa shape index (κ1) is 15.0. The molecule has 2 heterocycles. The van der Waals surface area contributed by atoms with Crippen LogP contribution in [0, 0.1) is 0 Å². The molecule has 1 N–H and O–H groups in total. The number of nitrogens with zero attached hydrogens (tertiary/aromatic N) is 2. The monoisotopic (exact) mass is 323 g/mol. The van der Waals surface area contributed by atoms with E-state index in [4.69, 9.17) is 4.74 Å². The normalized spacial score (nSPS) is 17.8. The van der Waals surface area contributed by atoms with Crippen LogP contribution in [0.15, 0.2) is 47.3 Å². The number of H-pyrrole nitrogens is 1. The Labute approximate surface area is 140 Å². The standard InChI is InChI=1S/C19H21N3O2/c1-13-10-22-18-15(8-9-16(24-2)17(18)20-19(22)23)12-21(13)11-14-6-4-3-5-7-14/h3-9,13H,10-12H2,1-2H3,(H,20,23)/t13-/m0/s1. The summed E-state index contributed by atoms with van der Waals surface area (Å²) in [6.45, 7) is 4.54. The predicted molar refractivity (Wildman–Crippen MR) is 94.3 cm³/mol. The van der Waals surface area contributed by atoms with Gasteiger partial charge in [-0.25, -0.2) is 4.79 Å². The summed E-state index contributed by atoms with van der Waals surface area (Å²) in [5.74, 6) is 0.716. The van der Waals surface area contributed by atoms with Gasteiger partial charge in [0.15, 0.2) is 0 Å². The maximum absolute atomic E-state index is 12.4. The van der Waals surface area contributed by atoms with Gasteiger partial charge in [0, 0.05) is 25.7 Å². The summed E-state index contributed by atoms with van der Waals surface area (Å²) in [5, 5.41) is 0. The molecule has 4 rings (SSSR count). The van der Waals surface area contributed by atoms with Gasteiger partial charge in [-0.1, -0.05) is 36.4 Å². The van der Waals surface area contributed by atoms with Crippen molar-refractivity contribution in [3.05, 3.63) is 64.1 Å².